The van der Waals surface area contributed by atoms with Gasteiger partial charge in [0.25, 0.3) is 0 Å². The minimum atomic E-state index is -0.510. The van der Waals surface area contributed by atoms with Gasteiger partial charge in [0.2, 0.25) is 17.0 Å². The van der Waals surface area contributed by atoms with E-state index in [1.807, 2.05) is 12.1 Å². The van der Waals surface area contributed by atoms with Crippen molar-refractivity contribution in [2.75, 3.05) is 5.32 Å². The van der Waals surface area contributed by atoms with Gasteiger partial charge in [0.05, 0.1) is 5.57 Å². The molecule has 1 atom stereocenters. The summed E-state index contributed by atoms with van der Waals surface area (Å²) in [4.78, 5) is 16.9. The fourth-order valence-electron chi connectivity index (χ4n) is 3.64. The van der Waals surface area contributed by atoms with E-state index in [1.54, 1.807) is 29.8 Å². The summed E-state index contributed by atoms with van der Waals surface area (Å²) in [6.07, 6.45) is 0. The van der Waals surface area contributed by atoms with Crippen LogP contribution in [0.25, 0.3) is 0 Å². The van der Waals surface area contributed by atoms with Gasteiger partial charge < -0.3 is 11.1 Å². The summed E-state index contributed by atoms with van der Waals surface area (Å²) in [5, 5.41) is 8.24. The van der Waals surface area contributed by atoms with Gasteiger partial charge in [-0.25, -0.2) is 9.07 Å². The van der Waals surface area contributed by atoms with Crippen molar-refractivity contribution in [3.63, 3.8) is 0 Å². The van der Waals surface area contributed by atoms with Gasteiger partial charge in [0, 0.05) is 11.4 Å². The number of allylic oxidation sites excluding steroid dienone is 1. The summed E-state index contributed by atoms with van der Waals surface area (Å²) in [5.41, 5.74) is 9.52. The van der Waals surface area contributed by atoms with Crippen LogP contribution in [0.2, 0.25) is 0 Å². The van der Waals surface area contributed by atoms with Gasteiger partial charge in [-0.15, -0.1) is 5.10 Å². The first-order chi connectivity index (χ1) is 14.8. The molecule has 3 N–H and O–H groups in total. The minimum Gasteiger partial charge on any atom is -0.366 e. The van der Waals surface area contributed by atoms with Gasteiger partial charge in [-0.05, 0) is 35.6 Å². The molecule has 2 aromatic carbocycles. The van der Waals surface area contributed by atoms with Crippen molar-refractivity contribution in [3.05, 3.63) is 82.3 Å². The quantitative estimate of drug-likeness (QED) is 0.550. The summed E-state index contributed by atoms with van der Waals surface area (Å²) >= 11 is 1.34. The summed E-state index contributed by atoms with van der Waals surface area (Å²) < 4.78 is 15.6. The Morgan fingerprint density at radius 3 is 2.58 bits per heavy atom. The van der Waals surface area contributed by atoms with Crippen LogP contribution in [0.1, 0.15) is 49.4 Å². The minimum absolute atomic E-state index is 0.256. The fourth-order valence-corrected chi connectivity index (χ4v) is 4.46. The number of hydrogen-bond acceptors (Lipinski definition) is 5. The van der Waals surface area contributed by atoms with Gasteiger partial charge in [-0.1, -0.05) is 68.1 Å². The van der Waals surface area contributed by atoms with Crippen molar-refractivity contribution >= 4 is 23.6 Å². The Hall–Kier alpha value is -3.13. The van der Waals surface area contributed by atoms with E-state index in [-0.39, 0.29) is 5.82 Å². The molecule has 8 heteroatoms. The molecule has 1 aromatic heterocycles. The lowest BCUT2D eigenvalue weighted by Gasteiger charge is -2.27. The molecular formula is C23H24FN5OS. The van der Waals surface area contributed by atoms with Gasteiger partial charge in [0.1, 0.15) is 11.9 Å². The van der Waals surface area contributed by atoms with Gasteiger partial charge in [-0.2, -0.15) is 4.98 Å². The molecule has 0 aliphatic carbocycles. The number of thioether (sulfide) groups is 1. The normalized spacial score (nSPS) is 15.7. The highest BCUT2D eigenvalue weighted by molar-refractivity contribution is 7.98. The molecule has 0 saturated carbocycles. The van der Waals surface area contributed by atoms with Crippen LogP contribution < -0.4 is 11.1 Å². The predicted molar refractivity (Wildman–Crippen MR) is 120 cm³/mol. The molecule has 0 unspecified atom stereocenters. The maximum absolute atomic E-state index is 14.0. The van der Waals surface area contributed by atoms with Crippen molar-refractivity contribution in [2.45, 2.75) is 43.6 Å². The maximum Gasteiger partial charge on any atom is 0.248 e. The molecule has 1 aliphatic heterocycles. The number of amides is 1. The van der Waals surface area contributed by atoms with Gasteiger partial charge in [0.15, 0.2) is 0 Å². The van der Waals surface area contributed by atoms with Gasteiger partial charge in [-0.3, -0.25) is 4.79 Å². The number of nitrogens with one attached hydrogen (secondary N) is 1. The predicted octanol–water partition coefficient (Wildman–Crippen LogP) is 4.61. The maximum atomic E-state index is 14.0. The lowest BCUT2D eigenvalue weighted by Crippen LogP contribution is -2.31. The molecule has 0 spiro atoms. The van der Waals surface area contributed by atoms with Crippen LogP contribution in [0.5, 0.6) is 0 Å². The zero-order chi connectivity index (χ0) is 22.1. The van der Waals surface area contributed by atoms with Gasteiger partial charge >= 0.3 is 0 Å². The molecule has 4 rings (SSSR count). The lowest BCUT2D eigenvalue weighted by molar-refractivity contribution is -0.115. The second-order valence-corrected chi connectivity index (χ2v) is 8.74. The highest BCUT2D eigenvalue weighted by atomic mass is 32.2. The number of nitrogens with zero attached hydrogens (tertiary/aromatic N) is 3. The molecule has 0 fully saturated rings. The standard InChI is InChI=1S/C23H24FN5OS/c1-13(2)15-8-10-16(11-9-15)20-19(21(25)30)14(3)26-22-27-23(28-29(20)22)31-12-17-6-4-5-7-18(17)24/h4-11,13,20H,12H2,1-3H3,(H2,25,30)(H,26,27,28)/t20-/m1/s1. The molecule has 1 amide bonds. The first-order valence-corrected chi connectivity index (χ1v) is 11.0. The largest absolute Gasteiger partial charge is 0.366 e. The van der Waals surface area contributed by atoms with E-state index in [9.17, 15) is 9.18 Å². The highest BCUT2D eigenvalue weighted by Crippen LogP contribution is 2.36. The average Bonchev–Trinajstić information content (AvgIpc) is 3.14. The number of primary amides is 1. The zero-order valence-electron chi connectivity index (χ0n) is 17.6. The second kappa shape index (κ2) is 8.55. The van der Waals surface area contributed by atoms with Crippen LogP contribution >= 0.6 is 11.8 Å². The average molecular weight is 438 g/mol. The van der Waals surface area contributed by atoms with Crippen molar-refractivity contribution in [3.8, 4) is 0 Å². The van der Waals surface area contributed by atoms with Crippen LogP contribution in [0.15, 0.2) is 65.0 Å². The molecule has 31 heavy (non-hydrogen) atoms. The Morgan fingerprint density at radius 1 is 1.23 bits per heavy atom. The van der Waals surface area contributed by atoms with Crippen LogP contribution in [-0.2, 0) is 10.5 Å². The Morgan fingerprint density at radius 2 is 1.94 bits per heavy atom. The first-order valence-electron chi connectivity index (χ1n) is 10.1. The lowest BCUT2D eigenvalue weighted by atomic mass is 9.93. The summed E-state index contributed by atoms with van der Waals surface area (Å²) in [6, 6.07) is 14.3. The number of fused-ring (bicyclic) bond motifs is 1. The smallest absolute Gasteiger partial charge is 0.248 e. The number of anilines is 1. The molecule has 3 aromatic rings. The van der Waals surface area contributed by atoms with E-state index in [2.05, 4.69) is 41.4 Å². The number of halogens is 1. The molecule has 0 bridgehead atoms. The molecule has 160 valence electrons. The van der Waals surface area contributed by atoms with E-state index >= 15 is 0 Å². The van der Waals surface area contributed by atoms with E-state index in [0.717, 1.165) is 5.56 Å². The Kier molecular flexibility index (Phi) is 5.82. The molecule has 6 nitrogen and oxygen atoms in total. The fraction of sp³-hybridized carbons (Fsp3) is 0.261. The molecule has 0 saturated heterocycles. The number of hydrogen-bond donors (Lipinski definition) is 2. The number of carbonyl (C=O) groups excluding carboxylic acids is 1. The molecule has 1 aliphatic rings. The van der Waals surface area contributed by atoms with E-state index in [0.29, 0.717) is 39.6 Å². The SMILES string of the molecule is CC1=C(C(N)=O)[C@@H](c2ccc(C(C)C)cc2)n2nc(SCc3ccccc3F)nc2N1. The van der Waals surface area contributed by atoms with Crippen LogP contribution in [0, 0.1) is 5.82 Å². The van der Waals surface area contributed by atoms with Crippen molar-refractivity contribution in [1.82, 2.24) is 14.8 Å². The van der Waals surface area contributed by atoms with Crippen LogP contribution in [0.4, 0.5) is 10.3 Å². The summed E-state index contributed by atoms with van der Waals surface area (Å²) in [7, 11) is 0. The number of aromatic nitrogens is 3. The Bertz CT molecular complexity index is 1150. The number of rotatable bonds is 6. The second-order valence-electron chi connectivity index (χ2n) is 7.79. The third kappa shape index (κ3) is 4.20. The van der Waals surface area contributed by atoms with Crippen molar-refractivity contribution < 1.29 is 9.18 Å². The third-order valence-corrected chi connectivity index (χ3v) is 6.22. The molecule has 0 radical (unpaired) electrons. The molecule has 2 heterocycles. The summed E-state index contributed by atoms with van der Waals surface area (Å²) in [5.74, 6) is 0.562. The third-order valence-electron chi connectivity index (χ3n) is 5.33. The summed E-state index contributed by atoms with van der Waals surface area (Å²) in [6.45, 7) is 6.07. The van der Waals surface area contributed by atoms with E-state index in [1.165, 1.54) is 23.4 Å². The number of carbonyl (C=O) groups is 1. The highest BCUT2D eigenvalue weighted by Gasteiger charge is 2.33. The monoisotopic (exact) mass is 437 g/mol. The number of benzene rings is 2. The van der Waals surface area contributed by atoms with E-state index in [4.69, 9.17) is 5.73 Å². The number of nitrogens with two attached hydrogens (primary N) is 1. The Labute approximate surface area is 184 Å². The van der Waals surface area contributed by atoms with E-state index < -0.39 is 11.9 Å². The van der Waals surface area contributed by atoms with Crippen LogP contribution in [0.3, 0.4) is 0 Å². The topological polar surface area (TPSA) is 85.8 Å². The molecular weight excluding hydrogens is 413 g/mol. The van der Waals surface area contributed by atoms with Crippen LogP contribution in [-0.4, -0.2) is 20.7 Å². The van der Waals surface area contributed by atoms with Crippen molar-refractivity contribution in [1.29, 1.82) is 0 Å². The van der Waals surface area contributed by atoms with Crippen molar-refractivity contribution in [2.24, 2.45) is 5.73 Å². The Balaban J connectivity index is 1.69. The zero-order valence-corrected chi connectivity index (χ0v) is 18.4. The first kappa shape index (κ1) is 21.1.